The predicted molar refractivity (Wildman–Crippen MR) is 246 cm³/mol. The number of aryl methyl sites for hydroxylation is 1. The SMILES string of the molecule is COC1CC(=O)N(C(=O)C[C@@H](S)[C@H](CCc2ccccc2)NC(=O)[C@H](CC(C)C)NC(=O)[C@H](CC(C)C)NC(=O)[C@H](C(C)C)N(C)C)[C@H]1Cc1ccc(-c2ccccc2)cc1. The Bertz CT molecular complexity index is 1860. The van der Waals surface area contributed by atoms with E-state index in [1.165, 1.54) is 4.90 Å². The number of amides is 5. The van der Waals surface area contributed by atoms with Crippen LogP contribution in [0.5, 0.6) is 0 Å². The summed E-state index contributed by atoms with van der Waals surface area (Å²) in [7, 11) is 5.24. The van der Waals surface area contributed by atoms with Gasteiger partial charge in [0.2, 0.25) is 29.5 Å². The molecule has 11 nitrogen and oxygen atoms in total. The molecule has 7 atom stereocenters. The molecule has 3 N–H and O–H groups in total. The summed E-state index contributed by atoms with van der Waals surface area (Å²) in [6.45, 7) is 11.9. The third kappa shape index (κ3) is 14.5. The van der Waals surface area contributed by atoms with E-state index >= 15 is 0 Å². The van der Waals surface area contributed by atoms with Gasteiger partial charge in [0, 0.05) is 24.8 Å². The topological polar surface area (TPSA) is 137 Å². The maximum absolute atomic E-state index is 14.3. The van der Waals surface area contributed by atoms with Crippen molar-refractivity contribution in [3.63, 3.8) is 0 Å². The molecule has 1 aliphatic rings. The number of rotatable bonds is 22. The van der Waals surface area contributed by atoms with Crippen LogP contribution >= 0.6 is 12.6 Å². The number of carbonyl (C=O) groups is 5. The molecular formula is C49H69N5O6S. The fourth-order valence-electron chi connectivity index (χ4n) is 8.35. The number of methoxy groups -OCH3 is 1. The number of benzene rings is 3. The van der Waals surface area contributed by atoms with E-state index in [-0.39, 0.29) is 48.3 Å². The first kappa shape index (κ1) is 49.1. The van der Waals surface area contributed by atoms with Crippen molar-refractivity contribution in [2.24, 2.45) is 17.8 Å². The predicted octanol–water partition coefficient (Wildman–Crippen LogP) is 6.49. The normalized spacial score (nSPS) is 17.9. The fraction of sp³-hybridized carbons (Fsp3) is 0.531. The molecule has 1 heterocycles. The average molecular weight is 856 g/mol. The highest BCUT2D eigenvalue weighted by atomic mass is 32.1. The van der Waals surface area contributed by atoms with Gasteiger partial charge in [0.1, 0.15) is 12.1 Å². The van der Waals surface area contributed by atoms with Crippen molar-refractivity contribution in [1.82, 2.24) is 25.8 Å². The molecule has 1 saturated heterocycles. The molecule has 0 aromatic heterocycles. The highest BCUT2D eigenvalue weighted by molar-refractivity contribution is 7.81. The molecule has 5 amide bonds. The zero-order chi connectivity index (χ0) is 44.8. The Balaban J connectivity index is 1.54. The van der Waals surface area contributed by atoms with Gasteiger partial charge in [-0.1, -0.05) is 126 Å². The summed E-state index contributed by atoms with van der Waals surface area (Å²) in [6, 6.07) is 24.8. The van der Waals surface area contributed by atoms with Gasteiger partial charge in [0.15, 0.2) is 0 Å². The first-order valence-corrected chi connectivity index (χ1v) is 22.3. The van der Waals surface area contributed by atoms with E-state index in [4.69, 9.17) is 17.4 Å². The summed E-state index contributed by atoms with van der Waals surface area (Å²) in [5.41, 5.74) is 4.20. The van der Waals surface area contributed by atoms with Crippen molar-refractivity contribution in [2.75, 3.05) is 21.2 Å². The van der Waals surface area contributed by atoms with Crippen LogP contribution in [0.2, 0.25) is 0 Å². The van der Waals surface area contributed by atoms with Gasteiger partial charge in [0.05, 0.1) is 24.6 Å². The Hall–Kier alpha value is -4.52. The molecule has 4 rings (SSSR count). The summed E-state index contributed by atoms with van der Waals surface area (Å²) < 4.78 is 5.76. The lowest BCUT2D eigenvalue weighted by Crippen LogP contribution is -2.58. The maximum Gasteiger partial charge on any atom is 0.243 e. The van der Waals surface area contributed by atoms with E-state index in [1.807, 2.05) is 133 Å². The van der Waals surface area contributed by atoms with Crippen molar-refractivity contribution >= 4 is 42.2 Å². The minimum atomic E-state index is -0.912. The van der Waals surface area contributed by atoms with Gasteiger partial charge in [-0.05, 0) is 86.2 Å². The summed E-state index contributed by atoms with van der Waals surface area (Å²) in [6.07, 6.45) is 1.73. The largest absolute Gasteiger partial charge is 0.379 e. The molecule has 1 aliphatic heterocycles. The van der Waals surface area contributed by atoms with E-state index in [1.54, 1.807) is 7.11 Å². The second-order valence-corrected chi connectivity index (χ2v) is 18.6. The Morgan fingerprint density at radius 2 is 1.26 bits per heavy atom. The lowest BCUT2D eigenvalue weighted by atomic mass is 9.97. The highest BCUT2D eigenvalue weighted by Gasteiger charge is 2.44. The highest BCUT2D eigenvalue weighted by Crippen LogP contribution is 2.29. The van der Waals surface area contributed by atoms with Crippen molar-refractivity contribution in [3.05, 3.63) is 96.1 Å². The van der Waals surface area contributed by atoms with Crippen LogP contribution in [0.3, 0.4) is 0 Å². The van der Waals surface area contributed by atoms with Crippen molar-refractivity contribution in [2.45, 2.75) is 128 Å². The maximum atomic E-state index is 14.3. The number of likely N-dealkylation sites (tertiary alicyclic amines) is 1. The van der Waals surface area contributed by atoms with Crippen LogP contribution in [0.25, 0.3) is 11.1 Å². The van der Waals surface area contributed by atoms with Crippen LogP contribution in [0.1, 0.15) is 84.8 Å². The van der Waals surface area contributed by atoms with E-state index in [2.05, 4.69) is 28.1 Å². The molecule has 0 bridgehead atoms. The zero-order valence-corrected chi connectivity index (χ0v) is 38.5. The number of thiol groups is 1. The Kier molecular flexibility index (Phi) is 19.0. The second-order valence-electron chi connectivity index (χ2n) is 17.9. The van der Waals surface area contributed by atoms with Crippen LogP contribution in [0.4, 0.5) is 0 Å². The molecule has 0 spiro atoms. The lowest BCUT2D eigenvalue weighted by molar-refractivity contribution is -0.144. The first-order valence-electron chi connectivity index (χ1n) is 21.8. The Morgan fingerprint density at radius 1 is 0.738 bits per heavy atom. The van der Waals surface area contributed by atoms with Crippen molar-refractivity contribution in [3.8, 4) is 11.1 Å². The van der Waals surface area contributed by atoms with Gasteiger partial charge in [0.25, 0.3) is 0 Å². The molecule has 0 saturated carbocycles. The number of carbonyl (C=O) groups excluding carboxylic acids is 5. The molecular weight excluding hydrogens is 787 g/mol. The molecule has 0 radical (unpaired) electrons. The Morgan fingerprint density at radius 3 is 1.79 bits per heavy atom. The number of hydrogen-bond acceptors (Lipinski definition) is 8. The molecule has 332 valence electrons. The summed E-state index contributed by atoms with van der Waals surface area (Å²) in [4.78, 5) is 72.7. The van der Waals surface area contributed by atoms with Gasteiger partial charge in [-0.15, -0.1) is 0 Å². The molecule has 3 aromatic carbocycles. The van der Waals surface area contributed by atoms with E-state index in [0.717, 1.165) is 22.3 Å². The molecule has 3 aromatic rings. The third-order valence-electron chi connectivity index (χ3n) is 11.4. The zero-order valence-electron chi connectivity index (χ0n) is 37.6. The standard InChI is InChI=1S/C49H69N5O6S/c1-31(2)26-39(51-48(58)40(27-32(3)4)52-49(59)46(33(5)6)53(7)8)47(57)50-38(25-22-34-16-12-10-13-17-34)43(61)30-45(56)54-41(42(60-9)29-44(54)55)28-35-20-23-37(24-21-35)36-18-14-11-15-19-36/h10-21,23-24,31-33,38-43,46,61H,22,25-30H2,1-9H3,(H,50,57)(H,51,58)(H,52,59)/t38-,39-,40-,41-,42?,43+,46-/m0/s1. The van der Waals surface area contributed by atoms with Gasteiger partial charge in [-0.2, -0.15) is 12.6 Å². The molecule has 1 unspecified atom stereocenters. The van der Waals surface area contributed by atoms with Crippen LogP contribution in [0.15, 0.2) is 84.9 Å². The van der Waals surface area contributed by atoms with Crippen molar-refractivity contribution in [1.29, 1.82) is 0 Å². The van der Waals surface area contributed by atoms with Gasteiger partial charge in [-0.3, -0.25) is 33.8 Å². The fourth-order valence-corrected chi connectivity index (χ4v) is 8.73. The van der Waals surface area contributed by atoms with Gasteiger partial charge in [-0.25, -0.2) is 0 Å². The van der Waals surface area contributed by atoms with E-state index in [9.17, 15) is 24.0 Å². The second kappa shape index (κ2) is 23.6. The first-order chi connectivity index (χ1) is 29.0. The molecule has 12 heteroatoms. The quantitative estimate of drug-likeness (QED) is 0.0849. The third-order valence-corrected chi connectivity index (χ3v) is 11.9. The average Bonchev–Trinajstić information content (AvgIpc) is 3.53. The van der Waals surface area contributed by atoms with Crippen LogP contribution in [-0.4, -0.2) is 102 Å². The summed E-state index contributed by atoms with van der Waals surface area (Å²) in [5.74, 6) is -1.60. The van der Waals surface area contributed by atoms with E-state index < -0.39 is 53.4 Å². The number of hydrogen-bond donors (Lipinski definition) is 4. The van der Waals surface area contributed by atoms with Crippen molar-refractivity contribution < 1.29 is 28.7 Å². The number of likely N-dealkylation sites (N-methyl/N-ethyl adjacent to an activating group) is 1. The molecule has 1 fully saturated rings. The Labute approximate surface area is 369 Å². The van der Waals surface area contributed by atoms with Crippen LogP contribution < -0.4 is 16.0 Å². The van der Waals surface area contributed by atoms with Crippen LogP contribution in [-0.2, 0) is 41.6 Å². The number of nitrogens with one attached hydrogen (secondary N) is 3. The molecule has 61 heavy (non-hydrogen) atoms. The minimum absolute atomic E-state index is 0.0135. The number of ether oxygens (including phenoxy) is 1. The minimum Gasteiger partial charge on any atom is -0.379 e. The van der Waals surface area contributed by atoms with Gasteiger partial charge < -0.3 is 20.7 Å². The van der Waals surface area contributed by atoms with E-state index in [0.29, 0.717) is 32.1 Å². The smallest absolute Gasteiger partial charge is 0.243 e. The summed E-state index contributed by atoms with van der Waals surface area (Å²) in [5, 5.41) is 8.45. The number of nitrogens with zero attached hydrogens (tertiary/aromatic N) is 2. The summed E-state index contributed by atoms with van der Waals surface area (Å²) >= 11 is 4.95. The van der Waals surface area contributed by atoms with Gasteiger partial charge >= 0.3 is 0 Å². The number of imide groups is 1. The lowest BCUT2D eigenvalue weighted by Gasteiger charge is -2.32. The van der Waals surface area contributed by atoms with Crippen LogP contribution in [0, 0.1) is 17.8 Å². The molecule has 0 aliphatic carbocycles. The monoisotopic (exact) mass is 855 g/mol.